The molecule has 1 fully saturated rings. The topological polar surface area (TPSA) is 77.0 Å². The van der Waals surface area contributed by atoms with E-state index < -0.39 is 5.54 Å². The fourth-order valence-electron chi connectivity index (χ4n) is 2.78. The summed E-state index contributed by atoms with van der Waals surface area (Å²) in [7, 11) is 0. The molecule has 0 bridgehead atoms. The minimum absolute atomic E-state index is 0.106. The van der Waals surface area contributed by atoms with E-state index in [1.54, 1.807) is 10.9 Å². The van der Waals surface area contributed by atoms with Gasteiger partial charge in [0.05, 0.1) is 11.7 Å². The predicted octanol–water partition coefficient (Wildman–Crippen LogP) is 0.976. The highest BCUT2D eigenvalue weighted by molar-refractivity contribution is 5.76. The molecule has 0 aromatic carbocycles. The Hall–Kier alpha value is -1.43. The van der Waals surface area contributed by atoms with Crippen molar-refractivity contribution in [2.24, 2.45) is 17.6 Å². The monoisotopic (exact) mass is 279 g/mol. The molecule has 1 amide bonds. The fourth-order valence-corrected chi connectivity index (χ4v) is 2.78. The van der Waals surface area contributed by atoms with Crippen LogP contribution in [0.5, 0.6) is 0 Å². The second-order valence-electron chi connectivity index (χ2n) is 6.77. The lowest BCUT2D eigenvalue weighted by atomic mass is 9.92. The van der Waals surface area contributed by atoms with Gasteiger partial charge in [0.1, 0.15) is 12.2 Å². The Morgan fingerprint density at radius 3 is 2.50 bits per heavy atom. The molecule has 112 valence electrons. The molecule has 0 aliphatic carbocycles. The van der Waals surface area contributed by atoms with Gasteiger partial charge in [-0.1, -0.05) is 19.1 Å². The third-order valence-corrected chi connectivity index (χ3v) is 3.72. The van der Waals surface area contributed by atoms with Gasteiger partial charge in [-0.05, 0) is 32.1 Å². The van der Waals surface area contributed by atoms with Crippen LogP contribution in [0.4, 0.5) is 0 Å². The van der Waals surface area contributed by atoms with Crippen molar-refractivity contribution in [1.29, 1.82) is 0 Å². The number of hydrogen-bond acceptors (Lipinski definition) is 4. The van der Waals surface area contributed by atoms with Gasteiger partial charge in [0.2, 0.25) is 5.91 Å². The van der Waals surface area contributed by atoms with Gasteiger partial charge in [-0.25, -0.2) is 4.68 Å². The molecule has 2 heterocycles. The number of piperidine rings is 1. The van der Waals surface area contributed by atoms with Gasteiger partial charge >= 0.3 is 0 Å². The number of rotatable bonds is 3. The summed E-state index contributed by atoms with van der Waals surface area (Å²) >= 11 is 0. The highest BCUT2D eigenvalue weighted by Gasteiger charge is 2.26. The van der Waals surface area contributed by atoms with Crippen LogP contribution in [0.15, 0.2) is 6.20 Å². The van der Waals surface area contributed by atoms with E-state index in [-0.39, 0.29) is 12.5 Å². The summed E-state index contributed by atoms with van der Waals surface area (Å²) in [4.78, 5) is 14.3. The molecular formula is C14H25N5O. The lowest BCUT2D eigenvalue weighted by Gasteiger charge is -2.34. The average molecular weight is 279 g/mol. The summed E-state index contributed by atoms with van der Waals surface area (Å²) in [5, 5.41) is 8.03. The Bertz CT molecular complexity index is 466. The van der Waals surface area contributed by atoms with Crippen molar-refractivity contribution in [3.05, 3.63) is 11.9 Å². The molecule has 1 aliphatic heterocycles. The molecule has 6 heteroatoms. The Kier molecular flexibility index (Phi) is 4.13. The van der Waals surface area contributed by atoms with E-state index in [1.165, 1.54) is 6.42 Å². The first-order valence-electron chi connectivity index (χ1n) is 7.23. The number of aromatic nitrogens is 3. The number of amides is 1. The Labute approximate surface area is 120 Å². The van der Waals surface area contributed by atoms with Crippen LogP contribution in [-0.4, -0.2) is 38.9 Å². The van der Waals surface area contributed by atoms with Crippen molar-refractivity contribution in [2.75, 3.05) is 13.1 Å². The number of nitrogens with two attached hydrogens (primary N) is 1. The van der Waals surface area contributed by atoms with E-state index in [0.29, 0.717) is 17.5 Å². The molecule has 0 spiro atoms. The lowest BCUT2D eigenvalue weighted by Crippen LogP contribution is -2.44. The third kappa shape index (κ3) is 3.56. The summed E-state index contributed by atoms with van der Waals surface area (Å²) in [6.45, 7) is 10.1. The summed E-state index contributed by atoms with van der Waals surface area (Å²) in [6.07, 6.45) is 2.95. The number of hydrogen-bond donors (Lipinski definition) is 1. The highest BCUT2D eigenvalue weighted by Crippen LogP contribution is 2.21. The van der Waals surface area contributed by atoms with Crippen molar-refractivity contribution < 1.29 is 4.79 Å². The molecular weight excluding hydrogens is 254 g/mol. The van der Waals surface area contributed by atoms with Crippen molar-refractivity contribution in [1.82, 2.24) is 19.9 Å². The van der Waals surface area contributed by atoms with Gasteiger partial charge in [0.25, 0.3) is 0 Å². The molecule has 20 heavy (non-hydrogen) atoms. The van der Waals surface area contributed by atoms with Gasteiger partial charge in [-0.3, -0.25) is 4.79 Å². The number of likely N-dealkylation sites (tertiary alicyclic amines) is 1. The first-order valence-corrected chi connectivity index (χ1v) is 7.23. The molecule has 0 saturated carbocycles. The van der Waals surface area contributed by atoms with Crippen LogP contribution in [-0.2, 0) is 16.9 Å². The van der Waals surface area contributed by atoms with E-state index in [4.69, 9.17) is 5.73 Å². The third-order valence-electron chi connectivity index (χ3n) is 3.72. The predicted molar refractivity (Wildman–Crippen MR) is 76.8 cm³/mol. The first kappa shape index (κ1) is 15.0. The normalized spacial score (nSPS) is 23.9. The first-order chi connectivity index (χ1) is 9.25. The summed E-state index contributed by atoms with van der Waals surface area (Å²) < 4.78 is 1.58. The molecule has 2 unspecified atom stereocenters. The van der Waals surface area contributed by atoms with Crippen LogP contribution in [0.1, 0.15) is 39.8 Å². The molecule has 2 rings (SSSR count). The number of nitrogens with zero attached hydrogens (tertiary/aromatic N) is 4. The maximum atomic E-state index is 12.3. The van der Waals surface area contributed by atoms with Crippen molar-refractivity contribution in [3.8, 4) is 0 Å². The molecule has 1 aliphatic rings. The lowest BCUT2D eigenvalue weighted by molar-refractivity contribution is -0.134. The standard InChI is InChI=1S/C14H25N5O/c1-10-5-11(2)7-18(6-10)13(20)9-19-8-12(16-17-19)14(3,4)15/h8,10-11H,5-7,9,15H2,1-4H3. The maximum Gasteiger partial charge on any atom is 0.244 e. The SMILES string of the molecule is CC1CC(C)CN(C(=O)Cn2cc(C(C)(C)N)nn2)C1. The molecule has 1 aromatic heterocycles. The zero-order valence-electron chi connectivity index (χ0n) is 12.8. The van der Waals surface area contributed by atoms with E-state index in [0.717, 1.165) is 13.1 Å². The van der Waals surface area contributed by atoms with Gasteiger partial charge in [0, 0.05) is 13.1 Å². The Morgan fingerprint density at radius 2 is 2.00 bits per heavy atom. The quantitative estimate of drug-likeness (QED) is 0.894. The van der Waals surface area contributed by atoms with Gasteiger partial charge in [-0.2, -0.15) is 0 Å². The number of carbonyl (C=O) groups is 1. The second kappa shape index (κ2) is 5.52. The molecule has 6 nitrogen and oxygen atoms in total. The largest absolute Gasteiger partial charge is 0.341 e. The molecule has 1 aromatic rings. The maximum absolute atomic E-state index is 12.3. The van der Waals surface area contributed by atoms with E-state index >= 15 is 0 Å². The molecule has 2 N–H and O–H groups in total. The Balaban J connectivity index is 1.99. The van der Waals surface area contributed by atoms with Crippen LogP contribution in [0, 0.1) is 11.8 Å². The molecule has 1 saturated heterocycles. The zero-order chi connectivity index (χ0) is 14.9. The van der Waals surface area contributed by atoms with Crippen LogP contribution >= 0.6 is 0 Å². The van der Waals surface area contributed by atoms with Gasteiger partial charge in [-0.15, -0.1) is 5.10 Å². The smallest absolute Gasteiger partial charge is 0.244 e. The van der Waals surface area contributed by atoms with Gasteiger partial charge < -0.3 is 10.6 Å². The van der Waals surface area contributed by atoms with E-state index in [2.05, 4.69) is 24.2 Å². The summed E-state index contributed by atoms with van der Waals surface area (Å²) in [5.41, 5.74) is 6.14. The Morgan fingerprint density at radius 1 is 1.40 bits per heavy atom. The number of carbonyl (C=O) groups excluding carboxylic acids is 1. The molecule has 0 radical (unpaired) electrons. The summed E-state index contributed by atoms with van der Waals surface area (Å²) in [6, 6.07) is 0. The van der Waals surface area contributed by atoms with Crippen LogP contribution in [0.2, 0.25) is 0 Å². The van der Waals surface area contributed by atoms with Crippen molar-refractivity contribution in [3.63, 3.8) is 0 Å². The van der Waals surface area contributed by atoms with Gasteiger partial charge in [0.15, 0.2) is 0 Å². The zero-order valence-corrected chi connectivity index (χ0v) is 12.8. The average Bonchev–Trinajstić information content (AvgIpc) is 2.75. The van der Waals surface area contributed by atoms with Crippen LogP contribution < -0.4 is 5.73 Å². The minimum Gasteiger partial charge on any atom is -0.341 e. The van der Waals surface area contributed by atoms with E-state index in [1.807, 2.05) is 18.7 Å². The van der Waals surface area contributed by atoms with E-state index in [9.17, 15) is 4.79 Å². The summed E-state index contributed by atoms with van der Waals surface area (Å²) in [5.74, 6) is 1.24. The van der Waals surface area contributed by atoms with Crippen LogP contribution in [0.3, 0.4) is 0 Å². The van der Waals surface area contributed by atoms with Crippen molar-refractivity contribution in [2.45, 2.75) is 46.2 Å². The fraction of sp³-hybridized carbons (Fsp3) is 0.786. The second-order valence-corrected chi connectivity index (χ2v) is 6.77. The van der Waals surface area contributed by atoms with Crippen molar-refractivity contribution >= 4 is 5.91 Å². The van der Waals surface area contributed by atoms with Crippen LogP contribution in [0.25, 0.3) is 0 Å². The minimum atomic E-state index is -0.532. The molecule has 2 atom stereocenters. The highest BCUT2D eigenvalue weighted by atomic mass is 16.2.